The van der Waals surface area contributed by atoms with E-state index in [0.717, 1.165) is 40.5 Å². The number of Topliss-reactive ketones (excluding diaryl/α,β-unsaturated/α-hetero) is 1. The zero-order valence-corrected chi connectivity index (χ0v) is 25.8. The fourth-order valence-electron chi connectivity index (χ4n) is 3.59. The van der Waals surface area contributed by atoms with Crippen molar-refractivity contribution in [2.24, 2.45) is 17.8 Å². The van der Waals surface area contributed by atoms with Gasteiger partial charge >= 0.3 is 0 Å². The van der Waals surface area contributed by atoms with Crippen LogP contribution in [0.25, 0.3) is 0 Å². The molecule has 1 heterocycles. The van der Waals surface area contributed by atoms with Crippen molar-refractivity contribution in [3.63, 3.8) is 0 Å². The maximum absolute atomic E-state index is 13.7. The van der Waals surface area contributed by atoms with Crippen molar-refractivity contribution in [3.05, 3.63) is 75.6 Å². The first-order valence-electron chi connectivity index (χ1n) is 13.6. The van der Waals surface area contributed by atoms with Crippen molar-refractivity contribution < 1.29 is 19.0 Å². The molecule has 1 aliphatic rings. The maximum Gasteiger partial charge on any atom is 0.169 e. The van der Waals surface area contributed by atoms with E-state index in [1.807, 2.05) is 45.9 Å². The molecule has 1 aromatic rings. The van der Waals surface area contributed by atoms with E-state index in [1.54, 1.807) is 6.07 Å². The molecule has 0 amide bonds. The summed E-state index contributed by atoms with van der Waals surface area (Å²) in [6.07, 6.45) is 9.23. The molecule has 1 aromatic carbocycles. The van der Waals surface area contributed by atoms with Gasteiger partial charge in [-0.25, -0.2) is 4.39 Å². The first kappa shape index (κ1) is 35.0. The Labute approximate surface area is 233 Å². The average Bonchev–Trinajstić information content (AvgIpc) is 2.94. The van der Waals surface area contributed by atoms with E-state index in [0.29, 0.717) is 36.9 Å². The highest BCUT2D eigenvalue weighted by Gasteiger charge is 2.30. The van der Waals surface area contributed by atoms with Crippen LogP contribution in [0, 0.1) is 23.6 Å². The molecule has 208 valence electrons. The number of rotatable bonds is 10. The Balaban J connectivity index is 0.00000196. The second-order valence-electron chi connectivity index (χ2n) is 9.03. The smallest absolute Gasteiger partial charge is 0.169 e. The Bertz CT molecular complexity index is 943. The first-order chi connectivity index (χ1) is 17.6. The van der Waals surface area contributed by atoms with E-state index < -0.39 is 0 Å². The van der Waals surface area contributed by atoms with E-state index in [2.05, 4.69) is 50.2 Å². The van der Waals surface area contributed by atoms with Crippen LogP contribution in [0.5, 0.6) is 5.75 Å². The molecule has 2 rings (SSSR count). The Morgan fingerprint density at radius 3 is 2.27 bits per heavy atom. The summed E-state index contributed by atoms with van der Waals surface area (Å²) in [7, 11) is 0. The molecule has 1 aliphatic heterocycles. The summed E-state index contributed by atoms with van der Waals surface area (Å²) >= 11 is 3.67. The number of aliphatic hydroxyl groups excluding tert-OH is 1. The second-order valence-corrected chi connectivity index (χ2v) is 9.95. The van der Waals surface area contributed by atoms with Gasteiger partial charge in [0.2, 0.25) is 0 Å². The van der Waals surface area contributed by atoms with Crippen LogP contribution in [0.15, 0.2) is 64.2 Å². The lowest BCUT2D eigenvalue weighted by atomic mass is 9.82. The van der Waals surface area contributed by atoms with Gasteiger partial charge in [0, 0.05) is 12.2 Å². The van der Waals surface area contributed by atoms with Gasteiger partial charge < -0.3 is 9.84 Å². The van der Waals surface area contributed by atoms with Crippen LogP contribution < -0.4 is 4.74 Å². The highest BCUT2D eigenvalue weighted by molar-refractivity contribution is 9.11. The Morgan fingerprint density at radius 1 is 1.16 bits per heavy atom. The fourth-order valence-corrected chi connectivity index (χ4v) is 4.04. The quantitative estimate of drug-likeness (QED) is 0.222. The molecule has 3 atom stereocenters. The van der Waals surface area contributed by atoms with Gasteiger partial charge in [-0.05, 0) is 83.8 Å². The van der Waals surface area contributed by atoms with E-state index >= 15 is 0 Å². The number of carbonyl (C=O) groups excluding carboxylic acids is 1. The molecule has 0 radical (unpaired) electrons. The van der Waals surface area contributed by atoms with Gasteiger partial charge in [0.1, 0.15) is 11.6 Å². The van der Waals surface area contributed by atoms with Crippen molar-refractivity contribution >= 4 is 21.7 Å². The lowest BCUT2D eigenvalue weighted by Crippen LogP contribution is -2.30. The van der Waals surface area contributed by atoms with Gasteiger partial charge in [-0.1, -0.05) is 89.2 Å². The van der Waals surface area contributed by atoms with Gasteiger partial charge in [-0.2, -0.15) is 0 Å². The number of carbonyl (C=O) groups is 1. The fraction of sp³-hybridized carbons (Fsp3) is 0.531. The van der Waals surface area contributed by atoms with Gasteiger partial charge in [0.25, 0.3) is 0 Å². The number of hydrogen-bond acceptors (Lipinski definition) is 3. The molecule has 3 unspecified atom stereocenters. The summed E-state index contributed by atoms with van der Waals surface area (Å²) in [5.74, 6) is 0.663. The zero-order valence-electron chi connectivity index (χ0n) is 24.2. The van der Waals surface area contributed by atoms with Crippen molar-refractivity contribution in [1.29, 1.82) is 0 Å². The third-order valence-electron chi connectivity index (χ3n) is 6.41. The number of fused-ring (bicyclic) bond motifs is 1. The van der Waals surface area contributed by atoms with Crippen LogP contribution in [-0.4, -0.2) is 24.1 Å². The number of aliphatic hydroxyl groups is 1. The van der Waals surface area contributed by atoms with Crippen LogP contribution in [0.1, 0.15) is 80.2 Å². The summed E-state index contributed by atoms with van der Waals surface area (Å²) in [6.45, 7) is 21.3. The highest BCUT2D eigenvalue weighted by Crippen LogP contribution is 2.34. The Hall–Kier alpha value is -1.98. The summed E-state index contributed by atoms with van der Waals surface area (Å²) in [6, 6.07) is 4.48. The number of allylic oxidation sites excluding steroid dienone is 7. The van der Waals surface area contributed by atoms with Crippen molar-refractivity contribution in [2.75, 3.05) is 13.2 Å². The molecule has 3 nitrogen and oxygen atoms in total. The predicted molar refractivity (Wildman–Crippen MR) is 160 cm³/mol. The summed E-state index contributed by atoms with van der Waals surface area (Å²) in [5, 5.41) is 7.88. The van der Waals surface area contributed by atoms with Crippen LogP contribution in [-0.2, 0) is 11.2 Å². The van der Waals surface area contributed by atoms with Gasteiger partial charge in [0.05, 0.1) is 12.5 Å². The molecule has 0 spiro atoms. The van der Waals surface area contributed by atoms with Crippen molar-refractivity contribution in [1.82, 2.24) is 0 Å². The largest absolute Gasteiger partial charge is 0.493 e. The SMILES string of the molecule is C=C(C(=C\C=C(\Br)C(C)CC)/C(=C\C)C(=O)C1COc2ccc(F)cc2C1)C(C)CC.CC.CCCO. The van der Waals surface area contributed by atoms with Crippen LogP contribution in [0.4, 0.5) is 4.39 Å². The highest BCUT2D eigenvalue weighted by atomic mass is 79.9. The zero-order chi connectivity index (χ0) is 28.5. The van der Waals surface area contributed by atoms with E-state index in [4.69, 9.17) is 9.84 Å². The summed E-state index contributed by atoms with van der Waals surface area (Å²) in [5.41, 5.74) is 3.21. The Kier molecular flexibility index (Phi) is 18.1. The minimum Gasteiger partial charge on any atom is -0.493 e. The third-order valence-corrected chi connectivity index (χ3v) is 7.46. The molecule has 0 saturated carbocycles. The lowest BCUT2D eigenvalue weighted by molar-refractivity contribution is -0.120. The van der Waals surface area contributed by atoms with Gasteiger partial charge in [-0.15, -0.1) is 0 Å². The number of ketones is 1. The van der Waals surface area contributed by atoms with Gasteiger partial charge in [0.15, 0.2) is 5.78 Å². The molecular weight excluding hydrogens is 531 g/mol. The number of hydrogen-bond donors (Lipinski definition) is 1. The molecule has 0 saturated heterocycles. The molecule has 0 aromatic heterocycles. The molecular formula is C32H48BrFO3. The number of halogens is 2. The third kappa shape index (κ3) is 11.1. The van der Waals surface area contributed by atoms with Crippen LogP contribution >= 0.6 is 15.9 Å². The molecule has 1 N–H and O–H groups in total. The van der Waals surface area contributed by atoms with E-state index in [9.17, 15) is 9.18 Å². The molecule has 0 aliphatic carbocycles. The molecule has 37 heavy (non-hydrogen) atoms. The molecule has 0 bridgehead atoms. The van der Waals surface area contributed by atoms with Crippen molar-refractivity contribution in [2.45, 2.75) is 81.1 Å². The van der Waals surface area contributed by atoms with Crippen molar-refractivity contribution in [3.8, 4) is 5.75 Å². The average molecular weight is 580 g/mol. The van der Waals surface area contributed by atoms with Gasteiger partial charge in [-0.3, -0.25) is 4.79 Å². The second kappa shape index (κ2) is 19.1. The lowest BCUT2D eigenvalue weighted by Gasteiger charge is -2.27. The maximum atomic E-state index is 13.7. The van der Waals surface area contributed by atoms with Crippen LogP contribution in [0.2, 0.25) is 0 Å². The minimum absolute atomic E-state index is 0.0150. The van der Waals surface area contributed by atoms with E-state index in [-0.39, 0.29) is 23.4 Å². The summed E-state index contributed by atoms with van der Waals surface area (Å²) < 4.78 is 20.6. The minimum atomic E-state index is -0.351. The monoisotopic (exact) mass is 578 g/mol. The number of benzene rings is 1. The molecule has 5 heteroatoms. The standard InChI is InChI=1S/C27H34BrFO2.C3H8O.C2H6/c1-7-17(4)19(6)24(11-12-25(28)18(5)8-2)23(9-3)27(30)21-14-20-15-22(29)10-13-26(20)31-16-21;1-2-3-4;1-2/h9-13,15,17-18,21H,6-8,14,16H2,1-5H3;4H,2-3H2,1H3;1-2H3/b23-9+,24-11+,25-12+;;. The molecule has 0 fully saturated rings. The topological polar surface area (TPSA) is 46.5 Å². The normalized spacial score (nSPS) is 17.2. The number of ether oxygens (including phenoxy) is 1. The van der Waals surface area contributed by atoms with Crippen LogP contribution in [0.3, 0.4) is 0 Å². The summed E-state index contributed by atoms with van der Waals surface area (Å²) in [4.78, 5) is 13.6. The Morgan fingerprint density at radius 2 is 1.76 bits per heavy atom. The first-order valence-corrected chi connectivity index (χ1v) is 14.4. The predicted octanol–water partition coefficient (Wildman–Crippen LogP) is 9.16. The van der Waals surface area contributed by atoms with E-state index in [1.165, 1.54) is 12.1 Å².